The van der Waals surface area contributed by atoms with Crippen LogP contribution in [0.15, 0.2) is 18.2 Å². The van der Waals surface area contributed by atoms with Crippen molar-refractivity contribution in [1.82, 2.24) is 10.6 Å². The van der Waals surface area contributed by atoms with Gasteiger partial charge in [0.2, 0.25) is 5.91 Å². The van der Waals surface area contributed by atoms with E-state index in [0.29, 0.717) is 19.7 Å². The average Bonchev–Trinajstić information content (AvgIpc) is 2.41. The highest BCUT2D eigenvalue weighted by atomic mass is 19.1. The third-order valence-corrected chi connectivity index (χ3v) is 2.86. The molecule has 6 heteroatoms. The zero-order valence-corrected chi connectivity index (χ0v) is 11.7. The van der Waals surface area contributed by atoms with E-state index in [1.165, 1.54) is 0 Å². The zero-order valence-electron chi connectivity index (χ0n) is 11.7. The normalized spacial score (nSPS) is 12.2. The van der Waals surface area contributed by atoms with Gasteiger partial charge in [0.05, 0.1) is 6.61 Å². The van der Waals surface area contributed by atoms with E-state index in [2.05, 4.69) is 10.6 Å². The first-order chi connectivity index (χ1) is 9.54. The second kappa shape index (κ2) is 8.60. The number of carbonyl (C=O) groups is 1. The van der Waals surface area contributed by atoms with Crippen molar-refractivity contribution in [2.24, 2.45) is 0 Å². The summed E-state index contributed by atoms with van der Waals surface area (Å²) in [4.78, 5) is 11.4. The van der Waals surface area contributed by atoms with Gasteiger partial charge in [-0.1, -0.05) is 0 Å². The Morgan fingerprint density at radius 1 is 1.35 bits per heavy atom. The third kappa shape index (κ3) is 5.63. The minimum atomic E-state index is -0.479. The summed E-state index contributed by atoms with van der Waals surface area (Å²) in [5.74, 6) is -1.05. The summed E-state index contributed by atoms with van der Waals surface area (Å²) in [6, 6.07) is 2.97. The van der Waals surface area contributed by atoms with Gasteiger partial charge in [-0.2, -0.15) is 0 Å². The Morgan fingerprint density at radius 2 is 2.10 bits per heavy atom. The van der Waals surface area contributed by atoms with Gasteiger partial charge in [-0.15, -0.1) is 0 Å². The van der Waals surface area contributed by atoms with E-state index in [1.54, 1.807) is 14.0 Å². The van der Waals surface area contributed by atoms with Crippen LogP contribution in [-0.2, 0) is 9.53 Å². The molecule has 0 aliphatic carbocycles. The highest BCUT2D eigenvalue weighted by Gasteiger charge is 2.12. The fraction of sp³-hybridized carbons (Fsp3) is 0.500. The predicted octanol–water partition coefficient (Wildman–Crippen LogP) is 1.77. The van der Waals surface area contributed by atoms with Crippen molar-refractivity contribution >= 4 is 5.91 Å². The molecule has 0 radical (unpaired) electrons. The van der Waals surface area contributed by atoms with Crippen molar-refractivity contribution in [3.63, 3.8) is 0 Å². The van der Waals surface area contributed by atoms with Gasteiger partial charge in [-0.05, 0) is 25.1 Å². The Bertz CT molecular complexity index is 441. The first-order valence-electron chi connectivity index (χ1n) is 6.48. The molecule has 4 nitrogen and oxygen atoms in total. The second-order valence-electron chi connectivity index (χ2n) is 4.43. The number of methoxy groups -OCH3 is 1. The molecule has 0 aliphatic rings. The van der Waals surface area contributed by atoms with Crippen LogP contribution in [0.2, 0.25) is 0 Å². The maximum atomic E-state index is 13.5. The van der Waals surface area contributed by atoms with Crippen molar-refractivity contribution in [3.8, 4) is 0 Å². The predicted molar refractivity (Wildman–Crippen MR) is 72.3 cm³/mol. The van der Waals surface area contributed by atoms with E-state index >= 15 is 0 Å². The summed E-state index contributed by atoms with van der Waals surface area (Å²) < 4.78 is 31.4. The van der Waals surface area contributed by atoms with Gasteiger partial charge in [0, 0.05) is 38.2 Å². The fourth-order valence-corrected chi connectivity index (χ4v) is 1.74. The van der Waals surface area contributed by atoms with Crippen LogP contribution < -0.4 is 10.6 Å². The second-order valence-corrected chi connectivity index (χ2v) is 4.43. The maximum Gasteiger partial charge on any atom is 0.221 e. The Hall–Kier alpha value is -1.53. The molecule has 0 fully saturated rings. The summed E-state index contributed by atoms with van der Waals surface area (Å²) in [7, 11) is 1.56. The molecule has 112 valence electrons. The van der Waals surface area contributed by atoms with Crippen LogP contribution in [0.1, 0.15) is 24.9 Å². The van der Waals surface area contributed by atoms with E-state index in [9.17, 15) is 13.6 Å². The summed E-state index contributed by atoms with van der Waals surface area (Å²) >= 11 is 0. The summed E-state index contributed by atoms with van der Waals surface area (Å²) in [6.07, 6.45) is 0.269. The first-order valence-corrected chi connectivity index (χ1v) is 6.48. The summed E-state index contributed by atoms with van der Waals surface area (Å²) in [5, 5.41) is 5.67. The molecule has 1 aromatic carbocycles. The molecule has 0 saturated carbocycles. The highest BCUT2D eigenvalue weighted by molar-refractivity contribution is 5.76. The summed E-state index contributed by atoms with van der Waals surface area (Å²) in [5.41, 5.74) is 0.254. The standard InChI is InChI=1S/C14H20F2N2O2/c1-10(12-9-11(15)3-4-13(12)16)17-6-5-14(19)18-7-8-20-2/h3-4,9-10,17H,5-8H2,1-2H3,(H,18,19). The summed E-state index contributed by atoms with van der Waals surface area (Å²) in [6.45, 7) is 3.03. The first kappa shape index (κ1) is 16.5. The van der Waals surface area contributed by atoms with Gasteiger partial charge in [-0.25, -0.2) is 8.78 Å². The van der Waals surface area contributed by atoms with Crippen molar-refractivity contribution in [1.29, 1.82) is 0 Å². The number of hydrogen-bond acceptors (Lipinski definition) is 3. The average molecular weight is 286 g/mol. The number of hydrogen-bond donors (Lipinski definition) is 2. The number of benzene rings is 1. The highest BCUT2D eigenvalue weighted by Crippen LogP contribution is 2.17. The fourth-order valence-electron chi connectivity index (χ4n) is 1.74. The Kier molecular flexibility index (Phi) is 7.11. The van der Waals surface area contributed by atoms with E-state index in [4.69, 9.17) is 4.74 Å². The lowest BCUT2D eigenvalue weighted by atomic mass is 10.1. The SMILES string of the molecule is COCCNC(=O)CCNC(C)c1cc(F)ccc1F. The minimum Gasteiger partial charge on any atom is -0.383 e. The number of halogens is 2. The van der Waals surface area contributed by atoms with Gasteiger partial charge < -0.3 is 15.4 Å². The molecular formula is C14H20F2N2O2. The van der Waals surface area contributed by atoms with Gasteiger partial charge in [0.1, 0.15) is 11.6 Å². The number of amides is 1. The molecule has 0 bridgehead atoms. The van der Waals surface area contributed by atoms with Crippen LogP contribution in [0.5, 0.6) is 0 Å². The molecule has 20 heavy (non-hydrogen) atoms. The quantitative estimate of drug-likeness (QED) is 0.716. The van der Waals surface area contributed by atoms with E-state index in [1.807, 2.05) is 0 Å². The van der Waals surface area contributed by atoms with Gasteiger partial charge in [0.25, 0.3) is 0 Å². The molecule has 1 aromatic rings. The molecule has 1 atom stereocenters. The Balaban J connectivity index is 2.34. The van der Waals surface area contributed by atoms with Crippen molar-refractivity contribution in [2.75, 3.05) is 26.8 Å². The Morgan fingerprint density at radius 3 is 2.80 bits per heavy atom. The lowest BCUT2D eigenvalue weighted by Gasteiger charge is -2.15. The largest absolute Gasteiger partial charge is 0.383 e. The molecule has 1 amide bonds. The monoisotopic (exact) mass is 286 g/mol. The molecule has 0 spiro atoms. The van der Waals surface area contributed by atoms with Crippen molar-refractivity contribution in [3.05, 3.63) is 35.4 Å². The molecule has 1 rings (SSSR count). The zero-order chi connectivity index (χ0) is 15.0. The van der Waals surface area contributed by atoms with Crippen LogP contribution in [0, 0.1) is 11.6 Å². The third-order valence-electron chi connectivity index (χ3n) is 2.86. The number of rotatable bonds is 8. The van der Waals surface area contributed by atoms with Crippen LogP contribution in [0.4, 0.5) is 8.78 Å². The van der Waals surface area contributed by atoms with Gasteiger partial charge in [0.15, 0.2) is 0 Å². The van der Waals surface area contributed by atoms with Crippen LogP contribution in [-0.4, -0.2) is 32.7 Å². The van der Waals surface area contributed by atoms with Gasteiger partial charge >= 0.3 is 0 Å². The number of carbonyl (C=O) groups excluding carboxylic acids is 1. The van der Waals surface area contributed by atoms with Gasteiger partial charge in [-0.3, -0.25) is 4.79 Å². The lowest BCUT2D eigenvalue weighted by Crippen LogP contribution is -2.31. The van der Waals surface area contributed by atoms with E-state index in [-0.39, 0.29) is 23.9 Å². The van der Waals surface area contributed by atoms with Crippen LogP contribution in [0.25, 0.3) is 0 Å². The molecular weight excluding hydrogens is 266 g/mol. The molecule has 0 aliphatic heterocycles. The molecule has 1 unspecified atom stereocenters. The smallest absolute Gasteiger partial charge is 0.221 e. The number of nitrogens with one attached hydrogen (secondary N) is 2. The topological polar surface area (TPSA) is 50.4 Å². The van der Waals surface area contributed by atoms with Crippen LogP contribution >= 0.6 is 0 Å². The van der Waals surface area contributed by atoms with Crippen LogP contribution in [0.3, 0.4) is 0 Å². The van der Waals surface area contributed by atoms with Crippen molar-refractivity contribution < 1.29 is 18.3 Å². The molecule has 2 N–H and O–H groups in total. The van der Waals surface area contributed by atoms with E-state index < -0.39 is 11.6 Å². The lowest BCUT2D eigenvalue weighted by molar-refractivity contribution is -0.121. The molecule has 0 saturated heterocycles. The maximum absolute atomic E-state index is 13.5. The van der Waals surface area contributed by atoms with E-state index in [0.717, 1.165) is 18.2 Å². The van der Waals surface area contributed by atoms with Crippen molar-refractivity contribution in [2.45, 2.75) is 19.4 Å². The minimum absolute atomic E-state index is 0.110. The Labute approximate surface area is 117 Å². The molecule has 0 heterocycles. The number of ether oxygens (including phenoxy) is 1. The molecule has 0 aromatic heterocycles.